The van der Waals surface area contributed by atoms with Crippen molar-refractivity contribution in [1.29, 1.82) is 0 Å². The van der Waals surface area contributed by atoms with Crippen LogP contribution in [-0.4, -0.2) is 19.2 Å². The van der Waals surface area contributed by atoms with E-state index in [1.165, 1.54) is 32.1 Å². The van der Waals surface area contributed by atoms with Crippen LogP contribution in [0.4, 0.5) is 0 Å². The van der Waals surface area contributed by atoms with Crippen molar-refractivity contribution in [1.82, 2.24) is 5.32 Å². The molecule has 1 atom stereocenters. The van der Waals surface area contributed by atoms with Crippen LogP contribution in [0, 0.1) is 0 Å². The Kier molecular flexibility index (Phi) is 6.85. The van der Waals surface area contributed by atoms with Crippen LogP contribution >= 0.6 is 11.6 Å². The average Bonchev–Trinajstić information content (AvgIpc) is 2.48. The lowest BCUT2D eigenvalue weighted by atomic mass is 9.97. The molecule has 1 aliphatic rings. The van der Waals surface area contributed by atoms with Gasteiger partial charge in [0.1, 0.15) is 0 Å². The summed E-state index contributed by atoms with van der Waals surface area (Å²) in [5.74, 6) is 0. The fourth-order valence-corrected chi connectivity index (χ4v) is 3.07. The molecule has 0 heterocycles. The van der Waals surface area contributed by atoms with Crippen molar-refractivity contribution >= 4 is 11.6 Å². The molecule has 0 amide bonds. The maximum absolute atomic E-state index is 6.36. The standard InChI is InChI=1S/C17H26ClNO/c1-2-12-19-13-17(15-10-6-7-11-16(15)18)20-14-8-4-3-5-9-14/h6-7,10-11,14,17,19H,2-5,8-9,12-13H2,1H3. The highest BCUT2D eigenvalue weighted by Gasteiger charge is 2.21. The van der Waals surface area contributed by atoms with Crippen LogP contribution in [0.5, 0.6) is 0 Å². The SMILES string of the molecule is CCCNCC(OC1CCCCC1)c1ccccc1Cl. The first-order chi connectivity index (χ1) is 9.81. The van der Waals surface area contributed by atoms with Crippen LogP contribution in [0.3, 0.4) is 0 Å². The molecular weight excluding hydrogens is 270 g/mol. The van der Waals surface area contributed by atoms with E-state index in [9.17, 15) is 0 Å². The molecule has 0 saturated heterocycles. The molecule has 1 aliphatic carbocycles. The van der Waals surface area contributed by atoms with E-state index in [0.717, 1.165) is 30.1 Å². The van der Waals surface area contributed by atoms with Crippen molar-refractivity contribution in [3.8, 4) is 0 Å². The lowest BCUT2D eigenvalue weighted by molar-refractivity contribution is -0.0304. The van der Waals surface area contributed by atoms with E-state index >= 15 is 0 Å². The maximum atomic E-state index is 6.36. The Labute approximate surface area is 127 Å². The van der Waals surface area contributed by atoms with Crippen LogP contribution in [0.1, 0.15) is 57.1 Å². The molecule has 112 valence electrons. The molecule has 0 aromatic heterocycles. The Balaban J connectivity index is 2.01. The molecule has 3 heteroatoms. The van der Waals surface area contributed by atoms with Gasteiger partial charge in [0.05, 0.1) is 12.2 Å². The highest BCUT2D eigenvalue weighted by molar-refractivity contribution is 6.31. The molecule has 1 saturated carbocycles. The number of hydrogen-bond acceptors (Lipinski definition) is 2. The van der Waals surface area contributed by atoms with Gasteiger partial charge in [-0.1, -0.05) is 56.0 Å². The predicted octanol–water partition coefficient (Wildman–Crippen LogP) is 4.73. The quantitative estimate of drug-likeness (QED) is 0.734. The molecule has 1 aromatic carbocycles. The zero-order valence-corrected chi connectivity index (χ0v) is 13.2. The summed E-state index contributed by atoms with van der Waals surface area (Å²) >= 11 is 6.34. The highest BCUT2D eigenvalue weighted by atomic mass is 35.5. The van der Waals surface area contributed by atoms with Crippen molar-refractivity contribution in [2.24, 2.45) is 0 Å². The minimum atomic E-state index is 0.0679. The van der Waals surface area contributed by atoms with Gasteiger partial charge in [-0.2, -0.15) is 0 Å². The fourth-order valence-electron chi connectivity index (χ4n) is 2.81. The number of rotatable bonds is 7. The summed E-state index contributed by atoms with van der Waals surface area (Å²) in [4.78, 5) is 0. The lowest BCUT2D eigenvalue weighted by Gasteiger charge is -2.28. The number of nitrogens with one attached hydrogen (secondary N) is 1. The van der Waals surface area contributed by atoms with Crippen LogP contribution in [0.2, 0.25) is 5.02 Å². The van der Waals surface area contributed by atoms with Crippen LogP contribution in [0.25, 0.3) is 0 Å². The molecule has 1 fully saturated rings. The zero-order valence-electron chi connectivity index (χ0n) is 12.4. The third-order valence-corrected chi connectivity index (χ3v) is 4.26. The van der Waals surface area contributed by atoms with Gasteiger partial charge < -0.3 is 10.1 Å². The molecule has 0 radical (unpaired) electrons. The molecule has 0 spiro atoms. The van der Waals surface area contributed by atoms with Gasteiger partial charge in [-0.05, 0) is 31.9 Å². The first-order valence-electron chi connectivity index (χ1n) is 7.92. The van der Waals surface area contributed by atoms with E-state index in [1.54, 1.807) is 0 Å². The van der Waals surface area contributed by atoms with Crippen molar-refractivity contribution in [2.75, 3.05) is 13.1 Å². The van der Waals surface area contributed by atoms with E-state index in [-0.39, 0.29) is 6.10 Å². The van der Waals surface area contributed by atoms with E-state index < -0.39 is 0 Å². The normalized spacial score (nSPS) is 18.1. The molecular formula is C17H26ClNO. The minimum absolute atomic E-state index is 0.0679. The largest absolute Gasteiger partial charge is 0.369 e. The second-order valence-electron chi connectivity index (χ2n) is 5.61. The van der Waals surface area contributed by atoms with Crippen LogP contribution < -0.4 is 5.32 Å². The Morgan fingerprint density at radius 3 is 2.70 bits per heavy atom. The van der Waals surface area contributed by atoms with Crippen molar-refractivity contribution < 1.29 is 4.74 Å². The van der Waals surface area contributed by atoms with Gasteiger partial charge in [0, 0.05) is 17.1 Å². The summed E-state index contributed by atoms with van der Waals surface area (Å²) in [6.45, 7) is 4.04. The molecule has 0 aliphatic heterocycles. The molecule has 1 N–H and O–H groups in total. The van der Waals surface area contributed by atoms with Crippen LogP contribution in [-0.2, 0) is 4.74 Å². The van der Waals surface area contributed by atoms with Crippen molar-refractivity contribution in [2.45, 2.75) is 57.7 Å². The Hall–Kier alpha value is -0.570. The first-order valence-corrected chi connectivity index (χ1v) is 8.29. The van der Waals surface area contributed by atoms with E-state index in [0.29, 0.717) is 6.10 Å². The van der Waals surface area contributed by atoms with Gasteiger partial charge in [0.15, 0.2) is 0 Å². The Morgan fingerprint density at radius 1 is 1.25 bits per heavy atom. The molecule has 1 aromatic rings. The summed E-state index contributed by atoms with van der Waals surface area (Å²) in [6, 6.07) is 8.05. The van der Waals surface area contributed by atoms with Crippen molar-refractivity contribution in [3.05, 3.63) is 34.9 Å². The van der Waals surface area contributed by atoms with Gasteiger partial charge in [-0.25, -0.2) is 0 Å². The summed E-state index contributed by atoms with van der Waals surface area (Å²) in [5, 5.41) is 4.28. The van der Waals surface area contributed by atoms with E-state index in [1.807, 2.05) is 18.2 Å². The maximum Gasteiger partial charge on any atom is 0.0967 e. The summed E-state index contributed by atoms with van der Waals surface area (Å²) < 4.78 is 6.36. The minimum Gasteiger partial charge on any atom is -0.369 e. The predicted molar refractivity (Wildman–Crippen MR) is 85.3 cm³/mol. The highest BCUT2D eigenvalue weighted by Crippen LogP contribution is 2.30. The Bertz CT molecular complexity index is 390. The lowest BCUT2D eigenvalue weighted by Crippen LogP contribution is -2.28. The molecule has 2 rings (SSSR count). The number of hydrogen-bond donors (Lipinski definition) is 1. The van der Waals surface area contributed by atoms with E-state index in [4.69, 9.17) is 16.3 Å². The second kappa shape index (κ2) is 8.66. The fraction of sp³-hybridized carbons (Fsp3) is 0.647. The monoisotopic (exact) mass is 295 g/mol. The summed E-state index contributed by atoms with van der Waals surface area (Å²) in [6.07, 6.45) is 7.92. The van der Waals surface area contributed by atoms with E-state index in [2.05, 4.69) is 18.3 Å². The topological polar surface area (TPSA) is 21.3 Å². The summed E-state index contributed by atoms with van der Waals surface area (Å²) in [5.41, 5.74) is 1.11. The van der Waals surface area contributed by atoms with Gasteiger partial charge in [0.2, 0.25) is 0 Å². The smallest absolute Gasteiger partial charge is 0.0967 e. The average molecular weight is 296 g/mol. The number of halogens is 1. The third-order valence-electron chi connectivity index (χ3n) is 3.92. The molecule has 20 heavy (non-hydrogen) atoms. The Morgan fingerprint density at radius 2 is 2.00 bits per heavy atom. The zero-order chi connectivity index (χ0) is 14.2. The first kappa shape index (κ1) is 15.8. The van der Waals surface area contributed by atoms with Gasteiger partial charge in [0.25, 0.3) is 0 Å². The molecule has 0 bridgehead atoms. The number of benzene rings is 1. The van der Waals surface area contributed by atoms with Crippen LogP contribution in [0.15, 0.2) is 24.3 Å². The number of ether oxygens (including phenoxy) is 1. The third kappa shape index (κ3) is 4.76. The molecule has 2 nitrogen and oxygen atoms in total. The van der Waals surface area contributed by atoms with Gasteiger partial charge in [-0.3, -0.25) is 0 Å². The summed E-state index contributed by atoms with van der Waals surface area (Å²) in [7, 11) is 0. The van der Waals surface area contributed by atoms with Crippen molar-refractivity contribution in [3.63, 3.8) is 0 Å². The second-order valence-corrected chi connectivity index (χ2v) is 6.02. The van der Waals surface area contributed by atoms with Gasteiger partial charge >= 0.3 is 0 Å². The molecule has 1 unspecified atom stereocenters. The van der Waals surface area contributed by atoms with Gasteiger partial charge in [-0.15, -0.1) is 0 Å².